The van der Waals surface area contributed by atoms with Crippen LogP contribution >= 0.6 is 27.3 Å². The first-order valence-corrected chi connectivity index (χ1v) is 10.6. The number of halogens is 1. The maximum atomic E-state index is 12.7. The van der Waals surface area contributed by atoms with E-state index >= 15 is 0 Å². The van der Waals surface area contributed by atoms with Crippen molar-refractivity contribution >= 4 is 50.2 Å². The number of fused-ring (bicyclic) bond motifs is 1. The van der Waals surface area contributed by atoms with Crippen LogP contribution in [0.25, 0.3) is 6.08 Å². The number of nitrogens with zero attached hydrogens (tertiary/aromatic N) is 1. The highest BCUT2D eigenvalue weighted by molar-refractivity contribution is 9.10. The predicted octanol–water partition coefficient (Wildman–Crippen LogP) is 4.73. The van der Waals surface area contributed by atoms with Gasteiger partial charge in [0.05, 0.1) is 24.3 Å². The zero-order valence-corrected chi connectivity index (χ0v) is 18.4. The van der Waals surface area contributed by atoms with Crippen LogP contribution in [-0.2, 0) is 22.4 Å². The van der Waals surface area contributed by atoms with Gasteiger partial charge < -0.3 is 14.8 Å². The van der Waals surface area contributed by atoms with Crippen LogP contribution in [0.15, 0.2) is 28.2 Å². The summed E-state index contributed by atoms with van der Waals surface area (Å²) in [4.78, 5) is 26.2. The van der Waals surface area contributed by atoms with Gasteiger partial charge in [-0.2, -0.15) is 5.26 Å². The summed E-state index contributed by atoms with van der Waals surface area (Å²) in [6, 6.07) is 7.18. The number of rotatable bonds is 5. The number of thiophene rings is 1. The fourth-order valence-corrected chi connectivity index (χ4v) is 5.06. The molecule has 2 aromatic rings. The molecule has 1 heterocycles. The summed E-state index contributed by atoms with van der Waals surface area (Å²) in [5, 5.41) is 12.7. The van der Waals surface area contributed by atoms with Crippen molar-refractivity contribution in [1.29, 1.82) is 5.26 Å². The number of anilines is 1. The van der Waals surface area contributed by atoms with E-state index in [1.165, 1.54) is 24.5 Å². The molecular formula is C21H19BrN2O4S. The first-order chi connectivity index (χ1) is 14.0. The van der Waals surface area contributed by atoms with Crippen molar-refractivity contribution in [2.75, 3.05) is 19.5 Å². The van der Waals surface area contributed by atoms with Gasteiger partial charge in [0.15, 0.2) is 0 Å². The summed E-state index contributed by atoms with van der Waals surface area (Å²) in [5.74, 6) is -0.388. The molecule has 0 saturated carbocycles. The molecule has 1 N–H and O–H groups in total. The summed E-state index contributed by atoms with van der Waals surface area (Å²) in [7, 11) is 2.88. The van der Waals surface area contributed by atoms with E-state index in [0.29, 0.717) is 26.4 Å². The van der Waals surface area contributed by atoms with Gasteiger partial charge in [-0.05, 0) is 70.9 Å². The number of nitrogens with one attached hydrogen (secondary N) is 1. The fourth-order valence-electron chi connectivity index (χ4n) is 3.23. The van der Waals surface area contributed by atoms with Crippen molar-refractivity contribution < 1.29 is 19.1 Å². The van der Waals surface area contributed by atoms with Crippen LogP contribution in [0.4, 0.5) is 5.00 Å². The van der Waals surface area contributed by atoms with Gasteiger partial charge in [0, 0.05) is 4.88 Å². The Kier molecular flexibility index (Phi) is 6.72. The fraction of sp³-hybridized carbons (Fsp3) is 0.286. The van der Waals surface area contributed by atoms with E-state index in [9.17, 15) is 14.9 Å². The molecule has 0 aliphatic heterocycles. The number of carbonyl (C=O) groups excluding carboxylic acids is 2. The van der Waals surface area contributed by atoms with Crippen molar-refractivity contribution in [1.82, 2.24) is 0 Å². The van der Waals surface area contributed by atoms with E-state index in [0.717, 1.165) is 36.1 Å². The molecule has 0 atom stereocenters. The van der Waals surface area contributed by atoms with Gasteiger partial charge in [-0.3, -0.25) is 4.79 Å². The number of benzene rings is 1. The summed E-state index contributed by atoms with van der Waals surface area (Å²) >= 11 is 4.77. The third kappa shape index (κ3) is 4.52. The minimum Gasteiger partial charge on any atom is -0.496 e. The van der Waals surface area contributed by atoms with Gasteiger partial charge in [-0.25, -0.2) is 4.79 Å². The lowest BCUT2D eigenvalue weighted by Gasteiger charge is -2.11. The van der Waals surface area contributed by atoms with E-state index in [2.05, 4.69) is 21.2 Å². The first-order valence-electron chi connectivity index (χ1n) is 8.98. The number of methoxy groups -OCH3 is 2. The Labute approximate surface area is 181 Å². The van der Waals surface area contributed by atoms with Crippen molar-refractivity contribution in [3.63, 3.8) is 0 Å². The second kappa shape index (κ2) is 9.25. The van der Waals surface area contributed by atoms with Crippen molar-refractivity contribution in [3.05, 3.63) is 49.8 Å². The predicted molar refractivity (Wildman–Crippen MR) is 115 cm³/mol. The summed E-state index contributed by atoms with van der Waals surface area (Å²) in [6.45, 7) is 0. The van der Waals surface area contributed by atoms with Gasteiger partial charge in [0.2, 0.25) is 0 Å². The molecule has 0 spiro atoms. The van der Waals surface area contributed by atoms with Gasteiger partial charge in [0.1, 0.15) is 22.4 Å². The third-order valence-electron chi connectivity index (χ3n) is 4.64. The summed E-state index contributed by atoms with van der Waals surface area (Å²) in [6.07, 6.45) is 5.20. The number of amides is 1. The van der Waals surface area contributed by atoms with Crippen LogP contribution in [0.3, 0.4) is 0 Å². The lowest BCUT2D eigenvalue weighted by Crippen LogP contribution is -2.16. The van der Waals surface area contributed by atoms with E-state index < -0.39 is 11.9 Å². The monoisotopic (exact) mass is 474 g/mol. The molecule has 29 heavy (non-hydrogen) atoms. The second-order valence-electron chi connectivity index (χ2n) is 6.42. The molecule has 1 aliphatic rings. The Bertz CT molecular complexity index is 1040. The molecule has 0 bridgehead atoms. The zero-order chi connectivity index (χ0) is 21.0. The van der Waals surface area contributed by atoms with Crippen molar-refractivity contribution in [2.24, 2.45) is 0 Å². The van der Waals surface area contributed by atoms with Gasteiger partial charge in [-0.1, -0.05) is 6.07 Å². The topological polar surface area (TPSA) is 88.4 Å². The summed E-state index contributed by atoms with van der Waals surface area (Å²) < 4.78 is 10.8. The van der Waals surface area contributed by atoms with Crippen LogP contribution in [0.2, 0.25) is 0 Å². The molecule has 0 fully saturated rings. The highest BCUT2D eigenvalue weighted by Crippen LogP contribution is 2.38. The Balaban J connectivity index is 1.90. The number of aryl methyl sites for hydroxylation is 1. The quantitative estimate of drug-likeness (QED) is 0.384. The number of ether oxygens (including phenoxy) is 2. The molecule has 150 valence electrons. The van der Waals surface area contributed by atoms with Crippen LogP contribution in [0, 0.1) is 11.3 Å². The molecule has 1 aliphatic carbocycles. The Morgan fingerprint density at radius 1 is 1.28 bits per heavy atom. The maximum Gasteiger partial charge on any atom is 0.341 e. The van der Waals surface area contributed by atoms with E-state index in [4.69, 9.17) is 9.47 Å². The van der Waals surface area contributed by atoms with E-state index in [1.807, 2.05) is 6.07 Å². The molecule has 1 aromatic carbocycles. The minimum atomic E-state index is -0.566. The number of hydrogen-bond acceptors (Lipinski definition) is 6. The Morgan fingerprint density at radius 3 is 2.69 bits per heavy atom. The second-order valence-corrected chi connectivity index (χ2v) is 8.38. The standard InChI is InChI=1S/C21H19BrN2O4S/c1-27-16-8-7-12(10-15(16)22)9-13(11-23)19(25)24-20-18(21(26)28-2)14-5-3-4-6-17(14)29-20/h7-10H,3-6H2,1-2H3,(H,24,25). The summed E-state index contributed by atoms with van der Waals surface area (Å²) in [5.41, 5.74) is 1.96. The van der Waals surface area contributed by atoms with Gasteiger partial charge in [-0.15, -0.1) is 11.3 Å². The molecule has 0 unspecified atom stereocenters. The molecule has 3 rings (SSSR count). The third-order valence-corrected chi connectivity index (χ3v) is 6.47. The Morgan fingerprint density at radius 2 is 2.03 bits per heavy atom. The maximum absolute atomic E-state index is 12.7. The highest BCUT2D eigenvalue weighted by atomic mass is 79.9. The lowest BCUT2D eigenvalue weighted by atomic mass is 9.95. The van der Waals surface area contributed by atoms with Crippen LogP contribution in [-0.4, -0.2) is 26.1 Å². The highest BCUT2D eigenvalue weighted by Gasteiger charge is 2.27. The smallest absolute Gasteiger partial charge is 0.341 e. The number of esters is 1. The average Bonchev–Trinajstić information content (AvgIpc) is 3.09. The molecule has 0 saturated heterocycles. The normalized spacial score (nSPS) is 13.2. The molecule has 8 heteroatoms. The van der Waals surface area contributed by atoms with Crippen molar-refractivity contribution in [2.45, 2.75) is 25.7 Å². The first kappa shape index (κ1) is 21.1. The number of hydrogen-bond donors (Lipinski definition) is 1. The molecule has 6 nitrogen and oxygen atoms in total. The van der Waals surface area contributed by atoms with E-state index in [-0.39, 0.29) is 5.57 Å². The molecule has 0 radical (unpaired) electrons. The van der Waals surface area contributed by atoms with Gasteiger partial charge >= 0.3 is 5.97 Å². The molecule has 1 aromatic heterocycles. The van der Waals surface area contributed by atoms with Gasteiger partial charge in [0.25, 0.3) is 5.91 Å². The molecule has 1 amide bonds. The van der Waals surface area contributed by atoms with Crippen LogP contribution in [0.1, 0.15) is 39.2 Å². The Hall–Kier alpha value is -2.63. The SMILES string of the molecule is COC(=O)c1c(NC(=O)C(C#N)=Cc2ccc(OC)c(Br)c2)sc2c1CCCC2. The lowest BCUT2D eigenvalue weighted by molar-refractivity contribution is -0.112. The van der Waals surface area contributed by atoms with Crippen LogP contribution in [0.5, 0.6) is 5.75 Å². The zero-order valence-electron chi connectivity index (χ0n) is 16.0. The minimum absolute atomic E-state index is 0.0655. The average molecular weight is 475 g/mol. The van der Waals surface area contributed by atoms with E-state index in [1.54, 1.807) is 25.3 Å². The van der Waals surface area contributed by atoms with Crippen molar-refractivity contribution in [3.8, 4) is 11.8 Å². The largest absolute Gasteiger partial charge is 0.496 e. The van der Waals surface area contributed by atoms with Crippen LogP contribution < -0.4 is 10.1 Å². The molecular weight excluding hydrogens is 456 g/mol. The number of carbonyl (C=O) groups is 2. The number of nitriles is 1.